The van der Waals surface area contributed by atoms with Crippen LogP contribution in [-0.4, -0.2) is 31.2 Å². The van der Waals surface area contributed by atoms with E-state index >= 15 is 0 Å². The molecule has 2 aromatic rings. The van der Waals surface area contributed by atoms with Crippen molar-refractivity contribution >= 4 is 34.7 Å². The molecule has 0 aliphatic rings. The van der Waals surface area contributed by atoms with Crippen LogP contribution in [0.25, 0.3) is 0 Å². The third kappa shape index (κ3) is 4.73. The number of rotatable bonds is 6. The van der Waals surface area contributed by atoms with E-state index in [-0.39, 0.29) is 6.03 Å². The van der Waals surface area contributed by atoms with Gasteiger partial charge in [-0.25, -0.2) is 4.79 Å². The molecule has 0 aliphatic carbocycles. The van der Waals surface area contributed by atoms with Crippen LogP contribution in [0.3, 0.4) is 0 Å². The number of anilines is 1. The number of benzene rings is 1. The molecule has 0 unspecified atom stereocenters. The topological polar surface area (TPSA) is 41.6 Å². The molecule has 0 bridgehead atoms. The fourth-order valence-corrected chi connectivity index (χ4v) is 2.82. The molecule has 0 saturated carbocycles. The summed E-state index contributed by atoms with van der Waals surface area (Å²) in [4.78, 5) is 15.3. The highest BCUT2D eigenvalue weighted by molar-refractivity contribution is 7.09. The van der Waals surface area contributed by atoms with Crippen LogP contribution in [0.5, 0.6) is 0 Å². The quantitative estimate of drug-likeness (QED) is 0.848. The zero-order chi connectivity index (χ0) is 15.9. The first kappa shape index (κ1) is 16.8. The number of thiophene rings is 1. The van der Waals surface area contributed by atoms with Crippen molar-refractivity contribution in [3.05, 3.63) is 51.2 Å². The second kappa shape index (κ2) is 8.17. The average Bonchev–Trinajstić information content (AvgIpc) is 3.00. The van der Waals surface area contributed by atoms with Crippen molar-refractivity contribution in [2.75, 3.05) is 25.6 Å². The number of carbonyl (C=O) groups excluding carboxylic acids is 1. The largest absolute Gasteiger partial charge is 0.383 e. The summed E-state index contributed by atoms with van der Waals surface area (Å²) in [5.74, 6) is 0. The fraction of sp³-hybridized carbons (Fsp3) is 0.312. The summed E-state index contributed by atoms with van der Waals surface area (Å²) < 4.78 is 5.09. The first-order chi connectivity index (χ1) is 10.6. The van der Waals surface area contributed by atoms with Gasteiger partial charge >= 0.3 is 6.03 Å². The smallest absolute Gasteiger partial charge is 0.322 e. The lowest BCUT2D eigenvalue weighted by Gasteiger charge is -2.22. The van der Waals surface area contributed by atoms with Gasteiger partial charge < -0.3 is 15.0 Å². The molecule has 1 heterocycles. The molecule has 0 aliphatic heterocycles. The van der Waals surface area contributed by atoms with Gasteiger partial charge in [0.1, 0.15) is 0 Å². The van der Waals surface area contributed by atoms with Crippen LogP contribution in [0.2, 0.25) is 5.02 Å². The van der Waals surface area contributed by atoms with E-state index in [0.717, 1.165) is 10.4 Å². The number of amides is 2. The number of hydrogen-bond donors (Lipinski definition) is 1. The van der Waals surface area contributed by atoms with Crippen LogP contribution in [0.15, 0.2) is 35.7 Å². The second-order valence-electron chi connectivity index (χ2n) is 4.89. The summed E-state index contributed by atoms with van der Waals surface area (Å²) in [5, 5.41) is 5.52. The highest BCUT2D eigenvalue weighted by Gasteiger charge is 2.15. The van der Waals surface area contributed by atoms with Gasteiger partial charge in [0.05, 0.1) is 13.2 Å². The summed E-state index contributed by atoms with van der Waals surface area (Å²) in [5.41, 5.74) is 1.67. The van der Waals surface area contributed by atoms with E-state index < -0.39 is 0 Å². The highest BCUT2D eigenvalue weighted by Crippen LogP contribution is 2.20. The minimum atomic E-state index is -0.162. The summed E-state index contributed by atoms with van der Waals surface area (Å²) in [6.45, 7) is 3.51. The SMILES string of the molecule is COCCN(Cc1cccs1)C(=O)Nc1ccc(C)c(Cl)c1. The fourth-order valence-electron chi connectivity index (χ4n) is 1.92. The number of nitrogens with one attached hydrogen (secondary N) is 1. The van der Waals surface area contributed by atoms with Crippen molar-refractivity contribution in [2.24, 2.45) is 0 Å². The maximum absolute atomic E-state index is 12.5. The zero-order valence-corrected chi connectivity index (χ0v) is 14.2. The van der Waals surface area contributed by atoms with Gasteiger partial charge in [0, 0.05) is 29.2 Å². The number of urea groups is 1. The molecule has 1 N–H and O–H groups in total. The lowest BCUT2D eigenvalue weighted by Crippen LogP contribution is -2.36. The van der Waals surface area contributed by atoms with E-state index in [4.69, 9.17) is 16.3 Å². The van der Waals surface area contributed by atoms with Crippen molar-refractivity contribution in [2.45, 2.75) is 13.5 Å². The third-order valence-corrected chi connectivity index (χ3v) is 4.47. The molecule has 1 aromatic heterocycles. The molecule has 118 valence electrons. The maximum atomic E-state index is 12.5. The molecule has 0 spiro atoms. The van der Waals surface area contributed by atoms with Crippen molar-refractivity contribution in [1.29, 1.82) is 0 Å². The van der Waals surface area contributed by atoms with Crippen LogP contribution in [-0.2, 0) is 11.3 Å². The molecule has 0 saturated heterocycles. The number of aryl methyl sites for hydroxylation is 1. The molecular formula is C16H19ClN2O2S. The molecular weight excluding hydrogens is 320 g/mol. The Morgan fingerprint density at radius 1 is 1.41 bits per heavy atom. The van der Waals surface area contributed by atoms with Crippen molar-refractivity contribution < 1.29 is 9.53 Å². The predicted molar refractivity (Wildman–Crippen MR) is 91.8 cm³/mol. The van der Waals surface area contributed by atoms with E-state index in [1.807, 2.05) is 36.6 Å². The van der Waals surface area contributed by atoms with Gasteiger partial charge in [-0.2, -0.15) is 0 Å². The Morgan fingerprint density at radius 3 is 2.86 bits per heavy atom. The molecule has 2 amide bonds. The lowest BCUT2D eigenvalue weighted by atomic mass is 10.2. The number of halogens is 1. The molecule has 4 nitrogen and oxygen atoms in total. The zero-order valence-electron chi connectivity index (χ0n) is 12.6. The summed E-state index contributed by atoms with van der Waals surface area (Å²) in [6, 6.07) is 9.32. The van der Waals surface area contributed by atoms with Crippen LogP contribution >= 0.6 is 22.9 Å². The van der Waals surface area contributed by atoms with Gasteiger partial charge in [-0.3, -0.25) is 0 Å². The van der Waals surface area contributed by atoms with E-state index in [1.54, 1.807) is 29.4 Å². The lowest BCUT2D eigenvalue weighted by molar-refractivity contribution is 0.153. The van der Waals surface area contributed by atoms with Crippen molar-refractivity contribution in [1.82, 2.24) is 4.90 Å². The molecule has 1 aromatic carbocycles. The molecule has 0 atom stereocenters. The Balaban J connectivity index is 2.05. The Hall–Kier alpha value is -1.56. The molecule has 22 heavy (non-hydrogen) atoms. The first-order valence-corrected chi connectivity index (χ1v) is 8.19. The molecule has 2 rings (SSSR count). The van der Waals surface area contributed by atoms with Gasteiger partial charge in [0.2, 0.25) is 0 Å². The second-order valence-corrected chi connectivity index (χ2v) is 6.33. The van der Waals surface area contributed by atoms with Crippen LogP contribution in [0.4, 0.5) is 10.5 Å². The molecule has 6 heteroatoms. The molecule has 0 radical (unpaired) electrons. The Labute approximate surface area is 139 Å². The number of carbonyl (C=O) groups is 1. The van der Waals surface area contributed by atoms with Gasteiger partial charge in [-0.05, 0) is 36.1 Å². The summed E-state index contributed by atoms with van der Waals surface area (Å²) in [7, 11) is 1.63. The van der Waals surface area contributed by atoms with Crippen LogP contribution in [0, 0.1) is 6.92 Å². The van der Waals surface area contributed by atoms with Crippen LogP contribution < -0.4 is 5.32 Å². The normalized spacial score (nSPS) is 10.5. The van der Waals surface area contributed by atoms with E-state index in [0.29, 0.717) is 30.4 Å². The van der Waals surface area contributed by atoms with Gasteiger partial charge in [-0.15, -0.1) is 11.3 Å². The number of hydrogen-bond acceptors (Lipinski definition) is 3. The highest BCUT2D eigenvalue weighted by atomic mass is 35.5. The predicted octanol–water partition coefficient (Wildman–Crippen LogP) is 4.39. The van der Waals surface area contributed by atoms with Crippen molar-refractivity contribution in [3.8, 4) is 0 Å². The van der Waals surface area contributed by atoms with E-state index in [9.17, 15) is 4.79 Å². The van der Waals surface area contributed by atoms with Gasteiger partial charge in [0.15, 0.2) is 0 Å². The first-order valence-electron chi connectivity index (χ1n) is 6.93. The number of ether oxygens (including phenoxy) is 1. The summed E-state index contributed by atoms with van der Waals surface area (Å²) in [6.07, 6.45) is 0. The molecule has 0 fully saturated rings. The van der Waals surface area contributed by atoms with Gasteiger partial charge in [0.25, 0.3) is 0 Å². The Bertz CT molecular complexity index is 617. The monoisotopic (exact) mass is 338 g/mol. The van der Waals surface area contributed by atoms with Crippen molar-refractivity contribution in [3.63, 3.8) is 0 Å². The third-order valence-electron chi connectivity index (χ3n) is 3.20. The number of nitrogens with zero attached hydrogens (tertiary/aromatic N) is 1. The minimum Gasteiger partial charge on any atom is -0.383 e. The number of methoxy groups -OCH3 is 1. The Morgan fingerprint density at radius 2 is 2.23 bits per heavy atom. The minimum absolute atomic E-state index is 0.162. The average molecular weight is 339 g/mol. The Kier molecular flexibility index (Phi) is 6.24. The standard InChI is InChI=1S/C16H19ClN2O2S/c1-12-5-6-13(10-15(12)17)18-16(20)19(7-8-21-2)11-14-4-3-9-22-14/h3-6,9-10H,7-8,11H2,1-2H3,(H,18,20). The van der Waals surface area contributed by atoms with Gasteiger partial charge in [-0.1, -0.05) is 23.7 Å². The summed E-state index contributed by atoms with van der Waals surface area (Å²) >= 11 is 7.72. The van der Waals surface area contributed by atoms with E-state index in [2.05, 4.69) is 5.32 Å². The van der Waals surface area contributed by atoms with E-state index in [1.165, 1.54) is 0 Å². The van der Waals surface area contributed by atoms with Crippen LogP contribution in [0.1, 0.15) is 10.4 Å². The maximum Gasteiger partial charge on any atom is 0.322 e.